The summed E-state index contributed by atoms with van der Waals surface area (Å²) in [6.07, 6.45) is 2.00. The second-order valence-electron chi connectivity index (χ2n) is 7.06. The Kier molecular flexibility index (Phi) is 5.22. The van der Waals surface area contributed by atoms with Gasteiger partial charge in [0, 0.05) is 18.7 Å². The van der Waals surface area contributed by atoms with Crippen LogP contribution in [0.3, 0.4) is 0 Å². The van der Waals surface area contributed by atoms with Gasteiger partial charge in [0.1, 0.15) is 5.75 Å². The predicted molar refractivity (Wildman–Crippen MR) is 113 cm³/mol. The lowest BCUT2D eigenvalue weighted by Crippen LogP contribution is -2.30. The molecule has 1 aromatic heterocycles. The quantitative estimate of drug-likeness (QED) is 0.612. The average Bonchev–Trinajstić information content (AvgIpc) is 3.31. The number of nitrogens with one attached hydrogen (secondary N) is 1. The van der Waals surface area contributed by atoms with Gasteiger partial charge in [0.2, 0.25) is 0 Å². The molecular weight excluding hydrogens is 370 g/mol. The number of nitrogens with zero attached hydrogens (tertiary/aromatic N) is 2. The molecule has 1 amide bonds. The van der Waals surface area contributed by atoms with E-state index in [-0.39, 0.29) is 11.9 Å². The summed E-state index contributed by atoms with van der Waals surface area (Å²) in [5.41, 5.74) is 3.81. The number of hydrogen-bond donors (Lipinski definition) is 1. The summed E-state index contributed by atoms with van der Waals surface area (Å²) in [6, 6.07) is 14.0. The molecule has 0 saturated carbocycles. The summed E-state index contributed by atoms with van der Waals surface area (Å²) in [6.45, 7) is 6.27. The fourth-order valence-corrected chi connectivity index (χ4v) is 4.42. The zero-order valence-corrected chi connectivity index (χ0v) is 17.1. The Morgan fingerprint density at radius 3 is 2.71 bits per heavy atom. The highest BCUT2D eigenvalue weighted by Gasteiger charge is 2.30. The Balaban J connectivity index is 1.61. The number of hydrogen-bond acceptors (Lipinski definition) is 3. The van der Waals surface area contributed by atoms with Gasteiger partial charge in [-0.05, 0) is 74.8 Å². The fourth-order valence-electron chi connectivity index (χ4n) is 4.09. The average molecular weight is 396 g/mol. The minimum atomic E-state index is 0.0712. The van der Waals surface area contributed by atoms with Gasteiger partial charge in [-0.1, -0.05) is 12.1 Å². The van der Waals surface area contributed by atoms with Crippen LogP contribution in [-0.2, 0) is 6.54 Å². The van der Waals surface area contributed by atoms with E-state index in [0.717, 1.165) is 48.3 Å². The maximum Gasteiger partial charge on any atom is 0.254 e. The second kappa shape index (κ2) is 7.80. The molecule has 0 radical (unpaired) electrons. The number of H-pyrrole nitrogens is 1. The Labute approximate surface area is 169 Å². The molecule has 1 saturated heterocycles. The van der Waals surface area contributed by atoms with Gasteiger partial charge in [-0.15, -0.1) is 0 Å². The van der Waals surface area contributed by atoms with Crippen LogP contribution >= 0.6 is 12.2 Å². The van der Waals surface area contributed by atoms with Crippen LogP contribution in [0.25, 0.3) is 11.0 Å². The van der Waals surface area contributed by atoms with Crippen LogP contribution in [0.1, 0.15) is 48.7 Å². The Hall–Kier alpha value is -2.60. The smallest absolute Gasteiger partial charge is 0.254 e. The number of likely N-dealkylation sites (tertiary alicyclic amines) is 1. The number of aromatic nitrogens is 2. The SMILES string of the molecule is CCOc1ccc([C@H]2CCCN2C(=O)c2ccc3c(c2)[nH]c(=S)n3CC)cc1. The number of aryl methyl sites for hydroxylation is 1. The molecule has 0 unspecified atom stereocenters. The van der Waals surface area contributed by atoms with E-state index in [4.69, 9.17) is 17.0 Å². The van der Waals surface area contributed by atoms with Gasteiger partial charge < -0.3 is 19.2 Å². The first-order valence-corrected chi connectivity index (χ1v) is 10.3. The van der Waals surface area contributed by atoms with E-state index in [1.807, 2.05) is 46.7 Å². The van der Waals surface area contributed by atoms with Crippen molar-refractivity contribution in [2.75, 3.05) is 13.2 Å². The Morgan fingerprint density at radius 1 is 1.21 bits per heavy atom. The number of carbonyl (C=O) groups excluding carboxylic acids is 1. The molecule has 1 N–H and O–H groups in total. The van der Waals surface area contributed by atoms with Crippen LogP contribution in [0.5, 0.6) is 5.75 Å². The lowest BCUT2D eigenvalue weighted by molar-refractivity contribution is 0.0736. The van der Waals surface area contributed by atoms with Crippen molar-refractivity contribution in [2.45, 2.75) is 39.3 Å². The van der Waals surface area contributed by atoms with Crippen molar-refractivity contribution in [3.8, 4) is 5.75 Å². The molecule has 1 aliphatic heterocycles. The molecule has 0 aliphatic carbocycles. The van der Waals surface area contributed by atoms with Crippen LogP contribution in [0.15, 0.2) is 42.5 Å². The van der Waals surface area contributed by atoms with E-state index < -0.39 is 0 Å². The van der Waals surface area contributed by atoms with Gasteiger partial charge in [0.15, 0.2) is 4.77 Å². The van der Waals surface area contributed by atoms with Gasteiger partial charge in [-0.25, -0.2) is 0 Å². The highest BCUT2D eigenvalue weighted by atomic mass is 32.1. The van der Waals surface area contributed by atoms with E-state index in [1.165, 1.54) is 0 Å². The molecule has 0 spiro atoms. The number of amides is 1. The minimum Gasteiger partial charge on any atom is -0.494 e. The highest BCUT2D eigenvalue weighted by molar-refractivity contribution is 7.71. The number of fused-ring (bicyclic) bond motifs is 1. The van der Waals surface area contributed by atoms with Gasteiger partial charge in [0.05, 0.1) is 23.7 Å². The zero-order valence-electron chi connectivity index (χ0n) is 16.3. The van der Waals surface area contributed by atoms with Crippen molar-refractivity contribution in [1.82, 2.24) is 14.5 Å². The molecule has 28 heavy (non-hydrogen) atoms. The first kappa shape index (κ1) is 18.7. The molecule has 2 heterocycles. The summed E-state index contributed by atoms with van der Waals surface area (Å²) in [5, 5.41) is 0. The molecular formula is C22H25N3O2S. The molecule has 4 rings (SSSR count). The van der Waals surface area contributed by atoms with Gasteiger partial charge in [0.25, 0.3) is 5.91 Å². The first-order chi connectivity index (χ1) is 13.6. The summed E-state index contributed by atoms with van der Waals surface area (Å²) >= 11 is 5.38. The Morgan fingerprint density at radius 2 is 2.00 bits per heavy atom. The van der Waals surface area contributed by atoms with Gasteiger partial charge in [-0.2, -0.15) is 0 Å². The number of carbonyl (C=O) groups is 1. The number of imidazole rings is 1. The standard InChI is InChI=1S/C22H25N3O2S/c1-3-24-20-12-9-16(14-18(20)23-22(24)28)21(26)25-13-5-6-19(25)15-7-10-17(11-8-15)27-4-2/h7-12,14,19H,3-6,13H2,1-2H3,(H,23,28)/t19-/m1/s1. The third-order valence-electron chi connectivity index (χ3n) is 5.43. The Bertz CT molecular complexity index is 1050. The third kappa shape index (κ3) is 3.33. The molecule has 5 nitrogen and oxygen atoms in total. The van der Waals surface area contributed by atoms with Crippen molar-refractivity contribution in [2.24, 2.45) is 0 Å². The van der Waals surface area contributed by atoms with Crippen molar-refractivity contribution in [3.63, 3.8) is 0 Å². The van der Waals surface area contributed by atoms with Gasteiger partial charge in [-0.3, -0.25) is 4.79 Å². The minimum absolute atomic E-state index is 0.0712. The maximum absolute atomic E-state index is 13.3. The number of benzene rings is 2. The highest BCUT2D eigenvalue weighted by Crippen LogP contribution is 2.34. The first-order valence-electron chi connectivity index (χ1n) is 9.88. The van der Waals surface area contributed by atoms with Crippen LogP contribution in [0, 0.1) is 4.77 Å². The molecule has 1 aliphatic rings. The predicted octanol–water partition coefficient (Wildman–Crippen LogP) is 5.09. The van der Waals surface area contributed by atoms with Crippen LogP contribution < -0.4 is 4.74 Å². The number of ether oxygens (including phenoxy) is 1. The maximum atomic E-state index is 13.3. The van der Waals surface area contributed by atoms with Gasteiger partial charge >= 0.3 is 0 Å². The number of aromatic amines is 1. The molecule has 2 aromatic carbocycles. The van der Waals surface area contributed by atoms with Crippen LogP contribution in [0.2, 0.25) is 0 Å². The third-order valence-corrected chi connectivity index (χ3v) is 5.75. The van der Waals surface area contributed by atoms with E-state index in [2.05, 4.69) is 24.0 Å². The van der Waals surface area contributed by atoms with Crippen molar-refractivity contribution in [1.29, 1.82) is 0 Å². The summed E-state index contributed by atoms with van der Waals surface area (Å²) in [7, 11) is 0. The van der Waals surface area contributed by atoms with Crippen LogP contribution in [0.4, 0.5) is 0 Å². The largest absolute Gasteiger partial charge is 0.494 e. The second-order valence-corrected chi connectivity index (χ2v) is 7.45. The van der Waals surface area contributed by atoms with Crippen molar-refractivity contribution < 1.29 is 9.53 Å². The number of rotatable bonds is 5. The summed E-state index contributed by atoms with van der Waals surface area (Å²) in [5.74, 6) is 0.935. The normalized spacial score (nSPS) is 16.6. The topological polar surface area (TPSA) is 50.3 Å². The van der Waals surface area contributed by atoms with E-state index in [0.29, 0.717) is 16.9 Å². The lowest BCUT2D eigenvalue weighted by Gasteiger charge is -2.25. The molecule has 1 fully saturated rings. The molecule has 3 aromatic rings. The molecule has 1 atom stereocenters. The molecule has 0 bridgehead atoms. The fraction of sp³-hybridized carbons (Fsp3) is 0.364. The van der Waals surface area contributed by atoms with E-state index in [1.54, 1.807) is 0 Å². The molecule has 146 valence electrons. The van der Waals surface area contributed by atoms with E-state index in [9.17, 15) is 4.79 Å². The summed E-state index contributed by atoms with van der Waals surface area (Å²) in [4.78, 5) is 18.5. The molecule has 6 heteroatoms. The van der Waals surface area contributed by atoms with Crippen LogP contribution in [-0.4, -0.2) is 33.5 Å². The lowest BCUT2D eigenvalue weighted by atomic mass is 10.0. The zero-order chi connectivity index (χ0) is 19.7. The summed E-state index contributed by atoms with van der Waals surface area (Å²) < 4.78 is 8.26. The monoisotopic (exact) mass is 395 g/mol. The van der Waals surface area contributed by atoms with Crippen molar-refractivity contribution >= 4 is 29.2 Å². The van der Waals surface area contributed by atoms with Crippen molar-refractivity contribution in [3.05, 3.63) is 58.4 Å². The van der Waals surface area contributed by atoms with E-state index >= 15 is 0 Å².